The van der Waals surface area contributed by atoms with Crippen LogP contribution in [0.15, 0.2) is 36.7 Å². The van der Waals surface area contributed by atoms with Gasteiger partial charge >= 0.3 is 6.09 Å². The number of piperazine rings is 1. The summed E-state index contributed by atoms with van der Waals surface area (Å²) in [6.45, 7) is 11.6. The van der Waals surface area contributed by atoms with Crippen molar-refractivity contribution in [2.24, 2.45) is 0 Å². The highest BCUT2D eigenvalue weighted by atomic mass is 16.6. The number of hydrogen-bond acceptors (Lipinski definition) is 9. The number of aromatic nitrogens is 3. The highest BCUT2D eigenvalue weighted by molar-refractivity contribution is 5.88. The van der Waals surface area contributed by atoms with Crippen molar-refractivity contribution in [3.8, 4) is 5.75 Å². The summed E-state index contributed by atoms with van der Waals surface area (Å²) in [6, 6.07) is 9.94. The first-order chi connectivity index (χ1) is 18.2. The number of aryl methyl sites for hydroxylation is 1. The van der Waals surface area contributed by atoms with E-state index in [0.717, 1.165) is 47.8 Å². The first kappa shape index (κ1) is 26.0. The van der Waals surface area contributed by atoms with Crippen LogP contribution < -0.4 is 15.0 Å². The number of fused-ring (bicyclic) bond motifs is 1. The van der Waals surface area contributed by atoms with E-state index in [-0.39, 0.29) is 12.2 Å². The van der Waals surface area contributed by atoms with Gasteiger partial charge in [0.25, 0.3) is 0 Å². The third kappa shape index (κ3) is 6.24. The fraction of sp³-hybridized carbons (Fsp3) is 0.500. The maximum Gasteiger partial charge on any atom is 0.410 e. The second-order valence-corrected chi connectivity index (χ2v) is 10.8. The zero-order valence-corrected chi connectivity index (χ0v) is 22.6. The third-order valence-corrected chi connectivity index (χ3v) is 6.57. The van der Waals surface area contributed by atoms with Crippen molar-refractivity contribution >= 4 is 34.4 Å². The summed E-state index contributed by atoms with van der Waals surface area (Å²) in [5.41, 5.74) is 2.88. The summed E-state index contributed by atoms with van der Waals surface area (Å²) in [6.07, 6.45) is 3.40. The molecule has 38 heavy (non-hydrogen) atoms. The van der Waals surface area contributed by atoms with Crippen LogP contribution in [0.3, 0.4) is 0 Å². The molecule has 10 heteroatoms. The Labute approximate surface area is 223 Å². The van der Waals surface area contributed by atoms with Gasteiger partial charge in [-0.1, -0.05) is 0 Å². The summed E-state index contributed by atoms with van der Waals surface area (Å²) < 4.78 is 17.2. The van der Waals surface area contributed by atoms with Crippen LogP contribution in [-0.2, 0) is 9.47 Å². The van der Waals surface area contributed by atoms with E-state index in [9.17, 15) is 4.79 Å². The molecular formula is C28H36N6O4. The van der Waals surface area contributed by atoms with Gasteiger partial charge in [-0.2, -0.15) is 0 Å². The van der Waals surface area contributed by atoms with E-state index in [4.69, 9.17) is 19.2 Å². The number of carbonyl (C=O) groups is 1. The topological polar surface area (TPSA) is 102 Å². The van der Waals surface area contributed by atoms with Crippen molar-refractivity contribution in [3.05, 3.63) is 42.2 Å². The minimum absolute atomic E-state index is 0.0979. The number of pyridine rings is 1. The van der Waals surface area contributed by atoms with Crippen LogP contribution in [-0.4, -0.2) is 77.0 Å². The first-order valence-electron chi connectivity index (χ1n) is 13.2. The van der Waals surface area contributed by atoms with Gasteiger partial charge in [-0.25, -0.2) is 19.7 Å². The maximum atomic E-state index is 12.4. The SMILES string of the molecule is Cc1cc(Nc2ncnc3ccc(N4CCN(C(=O)OC(C)(C)C)CC4)nc23)ccc1O[C@H]1CCCOC1. The Morgan fingerprint density at radius 1 is 1.11 bits per heavy atom. The van der Waals surface area contributed by atoms with E-state index in [1.54, 1.807) is 11.2 Å². The lowest BCUT2D eigenvalue weighted by Gasteiger charge is -2.36. The largest absolute Gasteiger partial charge is 0.488 e. The Balaban J connectivity index is 1.28. The molecule has 1 amide bonds. The monoisotopic (exact) mass is 520 g/mol. The van der Waals surface area contributed by atoms with Crippen LogP contribution in [0.4, 0.5) is 22.1 Å². The Morgan fingerprint density at radius 2 is 1.92 bits per heavy atom. The van der Waals surface area contributed by atoms with Gasteiger partial charge in [-0.05, 0) is 76.4 Å². The molecule has 1 aromatic carbocycles. The van der Waals surface area contributed by atoms with Crippen molar-refractivity contribution in [2.75, 3.05) is 49.6 Å². The molecule has 3 aromatic rings. The van der Waals surface area contributed by atoms with Crippen molar-refractivity contribution in [3.63, 3.8) is 0 Å². The maximum absolute atomic E-state index is 12.4. The number of rotatable bonds is 5. The lowest BCUT2D eigenvalue weighted by Crippen LogP contribution is -2.50. The van der Waals surface area contributed by atoms with Crippen molar-refractivity contribution in [1.82, 2.24) is 19.9 Å². The highest BCUT2D eigenvalue weighted by Gasteiger charge is 2.26. The summed E-state index contributed by atoms with van der Waals surface area (Å²) in [4.78, 5) is 30.1. The number of amides is 1. The predicted molar refractivity (Wildman–Crippen MR) is 146 cm³/mol. The van der Waals surface area contributed by atoms with Gasteiger partial charge in [0.05, 0.1) is 12.1 Å². The van der Waals surface area contributed by atoms with Crippen LogP contribution in [0.25, 0.3) is 11.0 Å². The molecule has 5 rings (SSSR count). The average molecular weight is 521 g/mol. The zero-order chi connectivity index (χ0) is 26.7. The molecule has 2 aliphatic heterocycles. The van der Waals surface area contributed by atoms with E-state index in [1.165, 1.54) is 0 Å². The van der Waals surface area contributed by atoms with E-state index in [2.05, 4.69) is 20.2 Å². The fourth-order valence-electron chi connectivity index (χ4n) is 4.62. The number of anilines is 3. The van der Waals surface area contributed by atoms with Gasteiger partial charge in [0.1, 0.15) is 35.1 Å². The van der Waals surface area contributed by atoms with Crippen LogP contribution in [0.5, 0.6) is 5.75 Å². The second kappa shape index (κ2) is 11.0. The normalized spacial score (nSPS) is 18.4. The molecule has 0 spiro atoms. The van der Waals surface area contributed by atoms with E-state index in [0.29, 0.717) is 44.1 Å². The Hall–Kier alpha value is -3.66. The van der Waals surface area contributed by atoms with Crippen LogP contribution >= 0.6 is 0 Å². The lowest BCUT2D eigenvalue weighted by atomic mass is 10.1. The van der Waals surface area contributed by atoms with Gasteiger partial charge in [-0.3, -0.25) is 0 Å². The molecule has 0 aliphatic carbocycles. The molecule has 0 unspecified atom stereocenters. The molecular weight excluding hydrogens is 484 g/mol. The number of nitrogens with one attached hydrogen (secondary N) is 1. The Kier molecular flexibility index (Phi) is 7.51. The lowest BCUT2D eigenvalue weighted by molar-refractivity contribution is 0.00716. The molecule has 2 saturated heterocycles. The van der Waals surface area contributed by atoms with Gasteiger partial charge < -0.3 is 29.3 Å². The minimum atomic E-state index is -0.506. The average Bonchev–Trinajstić information content (AvgIpc) is 2.90. The minimum Gasteiger partial charge on any atom is -0.488 e. The molecule has 2 aromatic heterocycles. The summed E-state index contributed by atoms with van der Waals surface area (Å²) >= 11 is 0. The first-order valence-corrected chi connectivity index (χ1v) is 13.2. The second-order valence-electron chi connectivity index (χ2n) is 10.8. The Morgan fingerprint density at radius 3 is 2.63 bits per heavy atom. The van der Waals surface area contributed by atoms with Crippen molar-refractivity contribution in [2.45, 2.75) is 52.2 Å². The number of hydrogen-bond donors (Lipinski definition) is 1. The molecule has 202 valence electrons. The number of ether oxygens (including phenoxy) is 3. The molecule has 2 aliphatic rings. The summed E-state index contributed by atoms with van der Waals surface area (Å²) in [5, 5.41) is 3.41. The van der Waals surface area contributed by atoms with Crippen LogP contribution in [0.1, 0.15) is 39.2 Å². The molecule has 1 N–H and O–H groups in total. The van der Waals surface area contributed by atoms with Gasteiger partial charge in [0, 0.05) is 38.5 Å². The smallest absolute Gasteiger partial charge is 0.410 e. The van der Waals surface area contributed by atoms with Crippen molar-refractivity contribution < 1.29 is 19.0 Å². The predicted octanol–water partition coefficient (Wildman–Crippen LogP) is 4.69. The number of benzene rings is 1. The van der Waals surface area contributed by atoms with E-state index in [1.807, 2.05) is 58.0 Å². The molecule has 1 atom stereocenters. The van der Waals surface area contributed by atoms with Gasteiger partial charge in [0.2, 0.25) is 0 Å². The zero-order valence-electron chi connectivity index (χ0n) is 22.6. The van der Waals surface area contributed by atoms with Crippen molar-refractivity contribution in [1.29, 1.82) is 0 Å². The molecule has 0 radical (unpaired) electrons. The highest BCUT2D eigenvalue weighted by Crippen LogP contribution is 2.29. The quantitative estimate of drug-likeness (QED) is 0.513. The van der Waals surface area contributed by atoms with E-state index < -0.39 is 5.60 Å². The van der Waals surface area contributed by atoms with Crippen LogP contribution in [0.2, 0.25) is 0 Å². The summed E-state index contributed by atoms with van der Waals surface area (Å²) in [7, 11) is 0. The molecule has 10 nitrogen and oxygen atoms in total. The van der Waals surface area contributed by atoms with Gasteiger partial charge in [0.15, 0.2) is 5.82 Å². The van der Waals surface area contributed by atoms with E-state index >= 15 is 0 Å². The third-order valence-electron chi connectivity index (χ3n) is 6.57. The molecule has 4 heterocycles. The number of nitrogens with zero attached hydrogens (tertiary/aromatic N) is 5. The summed E-state index contributed by atoms with van der Waals surface area (Å²) in [5.74, 6) is 2.33. The Bertz CT molecular complexity index is 1280. The van der Waals surface area contributed by atoms with Crippen LogP contribution in [0, 0.1) is 6.92 Å². The molecule has 0 saturated carbocycles. The molecule has 0 bridgehead atoms. The standard InChI is InChI=1S/C28H36N6O4/c1-19-16-20(7-9-23(19)37-21-6-5-15-36-17-21)31-26-25-22(29-18-30-26)8-10-24(32-25)33-11-13-34(14-12-33)27(35)38-28(2,3)4/h7-10,16,18,21H,5-6,11-15,17H2,1-4H3,(H,29,30,31)/t21-/m0/s1. The molecule has 2 fully saturated rings. The number of carbonyl (C=O) groups excluding carboxylic acids is 1. The fourth-order valence-corrected chi connectivity index (χ4v) is 4.62. The van der Waals surface area contributed by atoms with Gasteiger partial charge in [-0.15, -0.1) is 0 Å².